The van der Waals surface area contributed by atoms with Crippen LogP contribution in [0, 0.1) is 0 Å². The minimum atomic E-state index is -0.230. The van der Waals surface area contributed by atoms with Gasteiger partial charge in [0, 0.05) is 18.7 Å². The highest BCUT2D eigenvalue weighted by molar-refractivity contribution is 6.57. The quantitative estimate of drug-likeness (QED) is 0.339. The third kappa shape index (κ3) is 3.69. The van der Waals surface area contributed by atoms with Gasteiger partial charge in [0.1, 0.15) is 0 Å². The van der Waals surface area contributed by atoms with E-state index in [4.69, 9.17) is 0 Å². The Morgan fingerprint density at radius 1 is 1.13 bits per heavy atom. The Bertz CT molecular complexity index is 294. The van der Waals surface area contributed by atoms with Crippen molar-refractivity contribution in [3.05, 3.63) is 12.2 Å². The summed E-state index contributed by atoms with van der Waals surface area (Å²) >= 11 is 0. The number of unbranched alkanes of at least 4 members (excludes halogenated alkanes) is 2. The van der Waals surface area contributed by atoms with Gasteiger partial charge in [0.25, 0.3) is 11.8 Å². The topological polar surface area (TPSA) is 54.5 Å². The van der Waals surface area contributed by atoms with Crippen molar-refractivity contribution in [2.24, 2.45) is 0 Å². The van der Waals surface area contributed by atoms with Crippen LogP contribution in [-0.4, -0.2) is 36.8 Å². The molecule has 1 aliphatic heterocycles. The molecule has 0 radical (unpaired) electrons. The standard InChI is InChI=1S/C10H14BNO3/c11-8(13)4-2-1-3-7-12-9(14)5-6-10(12)15/h5-6H,1-4,7,11H2. The second-order valence-electron chi connectivity index (χ2n) is 3.67. The van der Waals surface area contributed by atoms with Crippen LogP contribution < -0.4 is 0 Å². The van der Waals surface area contributed by atoms with E-state index in [1.165, 1.54) is 17.1 Å². The fourth-order valence-corrected chi connectivity index (χ4v) is 1.47. The average molecular weight is 207 g/mol. The van der Waals surface area contributed by atoms with Gasteiger partial charge in [-0.3, -0.25) is 14.5 Å². The van der Waals surface area contributed by atoms with Gasteiger partial charge < -0.3 is 4.79 Å². The zero-order valence-electron chi connectivity index (χ0n) is 8.86. The minimum Gasteiger partial charge on any atom is -0.312 e. The molecule has 15 heavy (non-hydrogen) atoms. The molecule has 0 spiro atoms. The van der Waals surface area contributed by atoms with Gasteiger partial charge in [-0.15, -0.1) is 0 Å². The Morgan fingerprint density at radius 2 is 1.73 bits per heavy atom. The lowest BCUT2D eigenvalue weighted by Gasteiger charge is -2.12. The van der Waals surface area contributed by atoms with E-state index in [9.17, 15) is 14.4 Å². The molecule has 0 aliphatic carbocycles. The number of hydrogen-bond donors (Lipinski definition) is 0. The molecule has 0 fully saturated rings. The predicted molar refractivity (Wildman–Crippen MR) is 57.9 cm³/mol. The van der Waals surface area contributed by atoms with Gasteiger partial charge in [-0.05, 0) is 19.3 Å². The number of imide groups is 1. The SMILES string of the molecule is BC(=O)CCCCCN1C(=O)C=CC1=O. The first kappa shape index (κ1) is 11.7. The number of carbonyl (C=O) groups is 3. The van der Waals surface area contributed by atoms with E-state index in [2.05, 4.69) is 0 Å². The normalized spacial score (nSPS) is 15.1. The van der Waals surface area contributed by atoms with Crippen molar-refractivity contribution in [1.29, 1.82) is 0 Å². The van der Waals surface area contributed by atoms with Crippen molar-refractivity contribution >= 4 is 25.3 Å². The summed E-state index contributed by atoms with van der Waals surface area (Å²) in [6, 6.07) is 0. The van der Waals surface area contributed by atoms with E-state index >= 15 is 0 Å². The first-order chi connectivity index (χ1) is 7.11. The average Bonchev–Trinajstić information content (AvgIpc) is 2.47. The smallest absolute Gasteiger partial charge is 0.253 e. The monoisotopic (exact) mass is 207 g/mol. The van der Waals surface area contributed by atoms with Crippen LogP contribution >= 0.6 is 0 Å². The summed E-state index contributed by atoms with van der Waals surface area (Å²) in [5.74, 6) is -0.460. The summed E-state index contributed by atoms with van der Waals surface area (Å²) in [7, 11) is 1.57. The molecule has 0 N–H and O–H groups in total. The first-order valence-electron chi connectivity index (χ1n) is 5.14. The largest absolute Gasteiger partial charge is 0.312 e. The van der Waals surface area contributed by atoms with Crippen LogP contribution in [0.5, 0.6) is 0 Å². The maximum Gasteiger partial charge on any atom is 0.253 e. The summed E-state index contributed by atoms with van der Waals surface area (Å²) < 4.78 is 0. The Balaban J connectivity index is 2.13. The number of amides is 2. The molecule has 5 heteroatoms. The highest BCUT2D eigenvalue weighted by Gasteiger charge is 2.21. The summed E-state index contributed by atoms with van der Waals surface area (Å²) in [4.78, 5) is 34.1. The molecule has 4 nitrogen and oxygen atoms in total. The Kier molecular flexibility index (Phi) is 4.27. The number of nitrogens with zero attached hydrogens (tertiary/aromatic N) is 1. The molecule has 1 rings (SSSR count). The molecular formula is C10H14BNO3. The predicted octanol–water partition coefficient (Wildman–Crippen LogP) is -0.369. The van der Waals surface area contributed by atoms with Crippen molar-refractivity contribution in [1.82, 2.24) is 4.90 Å². The lowest BCUT2D eigenvalue weighted by atomic mass is 9.97. The van der Waals surface area contributed by atoms with E-state index in [0.29, 0.717) is 13.0 Å². The summed E-state index contributed by atoms with van der Waals surface area (Å²) in [6.07, 6.45) is 5.64. The molecule has 0 aromatic rings. The molecule has 0 unspecified atom stereocenters. The van der Waals surface area contributed by atoms with E-state index in [0.717, 1.165) is 19.3 Å². The van der Waals surface area contributed by atoms with Gasteiger partial charge in [-0.25, -0.2) is 0 Å². The van der Waals surface area contributed by atoms with Crippen molar-refractivity contribution < 1.29 is 14.4 Å². The molecule has 0 saturated heterocycles. The second-order valence-corrected chi connectivity index (χ2v) is 3.67. The van der Waals surface area contributed by atoms with E-state index in [1.54, 1.807) is 7.85 Å². The molecule has 0 aromatic heterocycles. The number of carbonyl (C=O) groups excluding carboxylic acids is 3. The molecular weight excluding hydrogens is 193 g/mol. The molecule has 0 aromatic carbocycles. The summed E-state index contributed by atoms with van der Waals surface area (Å²) in [5, 5.41) is 0. The lowest BCUT2D eigenvalue weighted by Crippen LogP contribution is -2.30. The van der Waals surface area contributed by atoms with E-state index in [1.807, 2.05) is 0 Å². The first-order valence-corrected chi connectivity index (χ1v) is 5.14. The van der Waals surface area contributed by atoms with E-state index < -0.39 is 0 Å². The Morgan fingerprint density at radius 3 is 2.27 bits per heavy atom. The van der Waals surface area contributed by atoms with Crippen molar-refractivity contribution in [2.45, 2.75) is 25.7 Å². The molecule has 1 heterocycles. The second kappa shape index (κ2) is 5.48. The lowest BCUT2D eigenvalue weighted by molar-refractivity contribution is -0.136. The summed E-state index contributed by atoms with van der Waals surface area (Å²) in [5.41, 5.74) is 0.185. The van der Waals surface area contributed by atoms with Crippen molar-refractivity contribution in [2.75, 3.05) is 6.54 Å². The molecule has 80 valence electrons. The van der Waals surface area contributed by atoms with Gasteiger partial charge in [-0.2, -0.15) is 0 Å². The minimum absolute atomic E-state index is 0.185. The third-order valence-electron chi connectivity index (χ3n) is 2.31. The van der Waals surface area contributed by atoms with Crippen LogP contribution in [0.2, 0.25) is 0 Å². The number of rotatable bonds is 6. The van der Waals surface area contributed by atoms with E-state index in [-0.39, 0.29) is 17.5 Å². The molecule has 0 atom stereocenters. The Labute approximate surface area is 89.7 Å². The van der Waals surface area contributed by atoms with Gasteiger partial charge in [0.05, 0.1) is 5.68 Å². The maximum absolute atomic E-state index is 11.1. The fourth-order valence-electron chi connectivity index (χ4n) is 1.47. The zero-order chi connectivity index (χ0) is 11.3. The Hall–Kier alpha value is -1.39. The third-order valence-corrected chi connectivity index (χ3v) is 2.31. The van der Waals surface area contributed by atoms with Crippen molar-refractivity contribution in [3.8, 4) is 0 Å². The summed E-state index contributed by atoms with van der Waals surface area (Å²) in [6.45, 7) is 0.461. The highest BCUT2D eigenvalue weighted by Crippen LogP contribution is 2.07. The molecule has 1 aliphatic rings. The highest BCUT2D eigenvalue weighted by atomic mass is 16.2. The fraction of sp³-hybridized carbons (Fsp3) is 0.500. The molecule has 0 bridgehead atoms. The molecule has 0 saturated carbocycles. The maximum atomic E-state index is 11.1. The number of hydrogen-bond acceptors (Lipinski definition) is 3. The van der Waals surface area contributed by atoms with Crippen LogP contribution in [0.15, 0.2) is 12.2 Å². The van der Waals surface area contributed by atoms with Crippen LogP contribution in [0.1, 0.15) is 25.7 Å². The van der Waals surface area contributed by atoms with Gasteiger partial charge in [0.2, 0.25) is 0 Å². The van der Waals surface area contributed by atoms with Crippen LogP contribution in [0.3, 0.4) is 0 Å². The zero-order valence-corrected chi connectivity index (χ0v) is 8.86. The molecule has 2 amide bonds. The van der Waals surface area contributed by atoms with Crippen LogP contribution in [0.4, 0.5) is 0 Å². The van der Waals surface area contributed by atoms with Crippen LogP contribution in [0.25, 0.3) is 0 Å². The van der Waals surface area contributed by atoms with Gasteiger partial charge in [0.15, 0.2) is 7.85 Å². The van der Waals surface area contributed by atoms with Gasteiger partial charge >= 0.3 is 0 Å². The van der Waals surface area contributed by atoms with Crippen molar-refractivity contribution in [3.63, 3.8) is 0 Å². The van der Waals surface area contributed by atoms with Crippen LogP contribution in [-0.2, 0) is 14.4 Å². The van der Waals surface area contributed by atoms with Gasteiger partial charge in [-0.1, -0.05) is 6.42 Å².